The number of piperidine rings is 1. The molecule has 26 heavy (non-hydrogen) atoms. The maximum atomic E-state index is 4.82. The van der Waals surface area contributed by atoms with Crippen LogP contribution in [0.1, 0.15) is 19.8 Å². The van der Waals surface area contributed by atoms with Crippen molar-refractivity contribution in [3.8, 4) is 11.3 Å². The lowest BCUT2D eigenvalue weighted by molar-refractivity contribution is 0.444. The van der Waals surface area contributed by atoms with Gasteiger partial charge in [0, 0.05) is 30.4 Å². The molecular weight excluding hydrogens is 320 g/mol. The van der Waals surface area contributed by atoms with Crippen molar-refractivity contribution in [2.24, 2.45) is 5.92 Å². The molecule has 0 radical (unpaired) electrons. The Balaban J connectivity index is 1.72. The number of rotatable bonds is 4. The fraction of sp³-hybridized carbons (Fsp3) is 0.273. The second-order valence-corrected chi connectivity index (χ2v) is 6.99. The van der Waals surface area contributed by atoms with E-state index in [0.717, 1.165) is 35.9 Å². The molecule has 3 aromatic rings. The number of aromatic nitrogens is 2. The molecule has 1 saturated heterocycles. The van der Waals surface area contributed by atoms with Gasteiger partial charge in [0.1, 0.15) is 5.82 Å². The first-order valence-corrected chi connectivity index (χ1v) is 9.29. The van der Waals surface area contributed by atoms with E-state index in [9.17, 15) is 0 Å². The van der Waals surface area contributed by atoms with Crippen LogP contribution in [0.4, 0.5) is 17.5 Å². The third-order valence-corrected chi connectivity index (χ3v) is 4.79. The minimum Gasteiger partial charge on any atom is -0.356 e. The highest BCUT2D eigenvalue weighted by Gasteiger charge is 2.19. The van der Waals surface area contributed by atoms with E-state index in [1.54, 1.807) is 0 Å². The fourth-order valence-electron chi connectivity index (χ4n) is 3.46. The molecule has 1 unspecified atom stereocenters. The van der Waals surface area contributed by atoms with Crippen molar-refractivity contribution in [1.29, 1.82) is 0 Å². The summed E-state index contributed by atoms with van der Waals surface area (Å²) in [5.74, 6) is 2.35. The Hall–Kier alpha value is -2.88. The van der Waals surface area contributed by atoms with Crippen LogP contribution in [0.15, 0.2) is 66.7 Å². The summed E-state index contributed by atoms with van der Waals surface area (Å²) >= 11 is 0. The second-order valence-electron chi connectivity index (χ2n) is 6.99. The molecule has 2 aromatic carbocycles. The van der Waals surface area contributed by atoms with Gasteiger partial charge in [0.25, 0.3) is 0 Å². The molecule has 4 heteroatoms. The van der Waals surface area contributed by atoms with Crippen LogP contribution in [0.2, 0.25) is 0 Å². The standard InChI is InChI=1S/C22H24N4/c1-17-9-8-14-26(16-17)21-15-20(18-10-4-2-5-11-18)24-22(25-21)23-19-12-6-3-7-13-19/h2-7,10-13,15,17H,8-9,14,16H2,1H3,(H,23,24,25). The topological polar surface area (TPSA) is 41.1 Å². The Morgan fingerprint density at radius 3 is 2.42 bits per heavy atom. The van der Waals surface area contributed by atoms with Gasteiger partial charge in [-0.15, -0.1) is 0 Å². The molecule has 0 aliphatic carbocycles. The summed E-state index contributed by atoms with van der Waals surface area (Å²) in [6, 6.07) is 22.5. The summed E-state index contributed by atoms with van der Waals surface area (Å²) in [4.78, 5) is 12.0. The van der Waals surface area contributed by atoms with E-state index in [-0.39, 0.29) is 0 Å². The van der Waals surface area contributed by atoms with E-state index in [1.165, 1.54) is 12.8 Å². The van der Waals surface area contributed by atoms with E-state index in [4.69, 9.17) is 9.97 Å². The predicted octanol–water partition coefficient (Wildman–Crippen LogP) is 5.12. The van der Waals surface area contributed by atoms with Crippen molar-refractivity contribution < 1.29 is 0 Å². The van der Waals surface area contributed by atoms with Crippen LogP contribution >= 0.6 is 0 Å². The second kappa shape index (κ2) is 7.56. The lowest BCUT2D eigenvalue weighted by Crippen LogP contribution is -2.35. The Morgan fingerprint density at radius 2 is 1.69 bits per heavy atom. The minimum absolute atomic E-state index is 0.644. The lowest BCUT2D eigenvalue weighted by atomic mass is 10.0. The molecule has 0 bridgehead atoms. The van der Waals surface area contributed by atoms with E-state index in [2.05, 4.69) is 35.3 Å². The van der Waals surface area contributed by atoms with Gasteiger partial charge in [-0.1, -0.05) is 55.5 Å². The minimum atomic E-state index is 0.644. The maximum Gasteiger partial charge on any atom is 0.229 e. The van der Waals surface area contributed by atoms with Crippen LogP contribution in [-0.4, -0.2) is 23.1 Å². The zero-order valence-electron chi connectivity index (χ0n) is 15.1. The number of nitrogens with one attached hydrogen (secondary N) is 1. The van der Waals surface area contributed by atoms with Gasteiger partial charge in [0.05, 0.1) is 5.69 Å². The molecule has 0 saturated carbocycles. The van der Waals surface area contributed by atoms with E-state index in [1.807, 2.05) is 48.5 Å². The number of para-hydroxylation sites is 1. The quantitative estimate of drug-likeness (QED) is 0.713. The van der Waals surface area contributed by atoms with Gasteiger partial charge in [-0.05, 0) is 30.9 Å². The van der Waals surface area contributed by atoms with Gasteiger partial charge in [-0.2, -0.15) is 4.98 Å². The Labute approximate surface area is 154 Å². The normalized spacial score (nSPS) is 17.1. The van der Waals surface area contributed by atoms with Crippen LogP contribution in [-0.2, 0) is 0 Å². The molecule has 0 amide bonds. The summed E-state index contributed by atoms with van der Waals surface area (Å²) in [5.41, 5.74) is 3.06. The van der Waals surface area contributed by atoms with Crippen molar-refractivity contribution in [3.63, 3.8) is 0 Å². The molecule has 1 aliphatic heterocycles. The molecule has 1 N–H and O–H groups in total. The van der Waals surface area contributed by atoms with Crippen LogP contribution in [0.5, 0.6) is 0 Å². The highest BCUT2D eigenvalue weighted by Crippen LogP contribution is 2.27. The van der Waals surface area contributed by atoms with E-state index >= 15 is 0 Å². The van der Waals surface area contributed by atoms with E-state index < -0.39 is 0 Å². The zero-order chi connectivity index (χ0) is 17.8. The van der Waals surface area contributed by atoms with Crippen molar-refractivity contribution in [2.75, 3.05) is 23.3 Å². The van der Waals surface area contributed by atoms with Gasteiger partial charge < -0.3 is 10.2 Å². The number of nitrogens with zero attached hydrogens (tertiary/aromatic N) is 3. The van der Waals surface area contributed by atoms with Gasteiger partial charge in [-0.25, -0.2) is 4.98 Å². The monoisotopic (exact) mass is 344 g/mol. The summed E-state index contributed by atoms with van der Waals surface area (Å²) in [6.45, 7) is 4.42. The molecule has 1 aromatic heterocycles. The largest absolute Gasteiger partial charge is 0.356 e. The zero-order valence-corrected chi connectivity index (χ0v) is 15.1. The summed E-state index contributed by atoms with van der Waals surface area (Å²) in [7, 11) is 0. The van der Waals surface area contributed by atoms with Crippen LogP contribution < -0.4 is 10.2 Å². The average molecular weight is 344 g/mol. The SMILES string of the molecule is CC1CCCN(c2cc(-c3ccccc3)nc(Nc3ccccc3)n2)C1. The average Bonchev–Trinajstić information content (AvgIpc) is 2.69. The van der Waals surface area contributed by atoms with Crippen molar-refractivity contribution in [2.45, 2.75) is 19.8 Å². The fourth-order valence-corrected chi connectivity index (χ4v) is 3.46. The first-order chi connectivity index (χ1) is 12.8. The lowest BCUT2D eigenvalue weighted by Gasteiger charge is -2.32. The molecule has 1 fully saturated rings. The number of benzene rings is 2. The Kier molecular flexibility index (Phi) is 4.82. The third kappa shape index (κ3) is 3.85. The van der Waals surface area contributed by atoms with Gasteiger partial charge in [-0.3, -0.25) is 0 Å². The molecule has 132 valence electrons. The van der Waals surface area contributed by atoms with Crippen molar-refractivity contribution in [3.05, 3.63) is 66.7 Å². The van der Waals surface area contributed by atoms with Crippen molar-refractivity contribution in [1.82, 2.24) is 9.97 Å². The van der Waals surface area contributed by atoms with E-state index in [0.29, 0.717) is 11.9 Å². The highest BCUT2D eigenvalue weighted by molar-refractivity contribution is 5.66. The number of hydrogen-bond donors (Lipinski definition) is 1. The highest BCUT2D eigenvalue weighted by atomic mass is 15.2. The van der Waals surface area contributed by atoms with Crippen LogP contribution in [0.25, 0.3) is 11.3 Å². The summed E-state index contributed by atoms with van der Waals surface area (Å²) in [5, 5.41) is 3.36. The molecule has 1 atom stereocenters. The molecule has 0 spiro atoms. The van der Waals surface area contributed by atoms with Crippen LogP contribution in [0.3, 0.4) is 0 Å². The molecular formula is C22H24N4. The predicted molar refractivity (Wildman–Crippen MR) is 108 cm³/mol. The van der Waals surface area contributed by atoms with Crippen molar-refractivity contribution >= 4 is 17.5 Å². The maximum absolute atomic E-state index is 4.82. The first kappa shape index (κ1) is 16.6. The van der Waals surface area contributed by atoms with Crippen LogP contribution in [0, 0.1) is 5.92 Å². The van der Waals surface area contributed by atoms with Gasteiger partial charge >= 0.3 is 0 Å². The van der Waals surface area contributed by atoms with Gasteiger partial charge in [0.15, 0.2) is 0 Å². The molecule has 2 heterocycles. The Morgan fingerprint density at radius 1 is 0.962 bits per heavy atom. The number of hydrogen-bond acceptors (Lipinski definition) is 4. The molecule has 4 rings (SSSR count). The molecule has 1 aliphatic rings. The van der Waals surface area contributed by atoms with Gasteiger partial charge in [0.2, 0.25) is 5.95 Å². The summed E-state index contributed by atoms with van der Waals surface area (Å²) in [6.07, 6.45) is 2.51. The third-order valence-electron chi connectivity index (χ3n) is 4.79. The molecule has 4 nitrogen and oxygen atoms in total. The Bertz CT molecular complexity index is 849. The smallest absolute Gasteiger partial charge is 0.229 e. The number of anilines is 3. The summed E-state index contributed by atoms with van der Waals surface area (Å²) < 4.78 is 0. The first-order valence-electron chi connectivity index (χ1n) is 9.29.